The molecule has 0 aromatic heterocycles. The molecule has 5 nitrogen and oxygen atoms in total. The molecule has 0 saturated carbocycles. The van der Waals surface area contributed by atoms with E-state index in [1.807, 2.05) is 0 Å². The van der Waals surface area contributed by atoms with Crippen molar-refractivity contribution < 1.29 is 13.2 Å². The highest BCUT2D eigenvalue weighted by atomic mass is 19.4. The first-order valence-electron chi connectivity index (χ1n) is 8.68. The van der Waals surface area contributed by atoms with Crippen LogP contribution in [0, 0.1) is 0 Å². The Hall–Kier alpha value is -1.02. The van der Waals surface area contributed by atoms with E-state index in [1.165, 1.54) is 11.9 Å². The Labute approximate surface area is 143 Å². The molecule has 0 radical (unpaired) electrons. The highest BCUT2D eigenvalue weighted by Crippen LogP contribution is 2.15. The third-order valence-corrected chi connectivity index (χ3v) is 4.28. The zero-order valence-electron chi connectivity index (χ0n) is 15.3. The predicted octanol–water partition coefficient (Wildman–Crippen LogP) is 1.91. The molecule has 1 heterocycles. The largest absolute Gasteiger partial charge is 0.401 e. The Morgan fingerprint density at radius 2 is 1.92 bits per heavy atom. The molecule has 0 unspecified atom stereocenters. The molecule has 0 spiro atoms. The van der Waals surface area contributed by atoms with Gasteiger partial charge >= 0.3 is 6.18 Å². The van der Waals surface area contributed by atoms with E-state index in [0.29, 0.717) is 31.6 Å². The molecule has 142 valence electrons. The van der Waals surface area contributed by atoms with Crippen LogP contribution >= 0.6 is 0 Å². The zero-order valence-corrected chi connectivity index (χ0v) is 15.3. The van der Waals surface area contributed by atoms with Crippen molar-refractivity contribution in [3.63, 3.8) is 0 Å². The molecule has 0 aromatic rings. The van der Waals surface area contributed by atoms with E-state index in [2.05, 4.69) is 34.4 Å². The van der Waals surface area contributed by atoms with Crippen molar-refractivity contribution in [1.82, 2.24) is 20.4 Å². The Balaban J connectivity index is 2.20. The van der Waals surface area contributed by atoms with Gasteiger partial charge in [-0.25, -0.2) is 0 Å². The van der Waals surface area contributed by atoms with Gasteiger partial charge in [-0.15, -0.1) is 0 Å². The molecule has 1 aliphatic rings. The molecular formula is C16H32F3N5. The summed E-state index contributed by atoms with van der Waals surface area (Å²) >= 11 is 0. The Bertz CT molecular complexity index is 376. The van der Waals surface area contributed by atoms with Gasteiger partial charge in [-0.1, -0.05) is 0 Å². The number of alkyl halides is 3. The predicted molar refractivity (Wildman–Crippen MR) is 92.4 cm³/mol. The average Bonchev–Trinajstić information content (AvgIpc) is 2.49. The van der Waals surface area contributed by atoms with E-state index < -0.39 is 12.7 Å². The van der Waals surface area contributed by atoms with Crippen LogP contribution in [0.25, 0.3) is 0 Å². The highest BCUT2D eigenvalue weighted by molar-refractivity contribution is 5.79. The van der Waals surface area contributed by atoms with E-state index in [0.717, 1.165) is 31.9 Å². The highest BCUT2D eigenvalue weighted by Gasteiger charge is 2.28. The van der Waals surface area contributed by atoms with Gasteiger partial charge in [0, 0.05) is 38.8 Å². The van der Waals surface area contributed by atoms with Crippen molar-refractivity contribution in [2.45, 2.75) is 51.4 Å². The average molecular weight is 351 g/mol. The van der Waals surface area contributed by atoms with Gasteiger partial charge in [0.2, 0.25) is 0 Å². The maximum atomic E-state index is 12.2. The summed E-state index contributed by atoms with van der Waals surface area (Å²) < 4.78 is 36.7. The van der Waals surface area contributed by atoms with Crippen LogP contribution < -0.4 is 10.6 Å². The zero-order chi connectivity index (χ0) is 18.2. The Kier molecular flexibility index (Phi) is 8.83. The lowest BCUT2D eigenvalue weighted by molar-refractivity contribution is -0.143. The summed E-state index contributed by atoms with van der Waals surface area (Å²) in [6.45, 7) is 6.72. The first-order valence-corrected chi connectivity index (χ1v) is 8.68. The number of aliphatic imine (C=N–C) groups is 1. The number of guanidine groups is 1. The quantitative estimate of drug-likeness (QED) is 0.418. The molecule has 2 N–H and O–H groups in total. The van der Waals surface area contributed by atoms with Crippen molar-refractivity contribution in [3.8, 4) is 0 Å². The normalized spacial score (nSPS) is 18.5. The van der Waals surface area contributed by atoms with Crippen LogP contribution in [0.2, 0.25) is 0 Å². The molecule has 8 heteroatoms. The summed E-state index contributed by atoms with van der Waals surface area (Å²) in [6, 6.07) is 0.983. The van der Waals surface area contributed by atoms with Gasteiger partial charge in [0.15, 0.2) is 5.96 Å². The number of nitrogens with zero attached hydrogens (tertiary/aromatic N) is 3. The van der Waals surface area contributed by atoms with Crippen LogP contribution in [0.3, 0.4) is 0 Å². The summed E-state index contributed by atoms with van der Waals surface area (Å²) in [5, 5.41) is 6.60. The van der Waals surface area contributed by atoms with Crippen molar-refractivity contribution >= 4 is 5.96 Å². The minimum absolute atomic E-state index is 0.399. The first-order chi connectivity index (χ1) is 11.2. The second-order valence-electron chi connectivity index (χ2n) is 6.75. The Morgan fingerprint density at radius 1 is 1.29 bits per heavy atom. The second kappa shape index (κ2) is 10.1. The number of likely N-dealkylation sites (tertiary alicyclic amines) is 1. The minimum Gasteiger partial charge on any atom is -0.356 e. The number of halogens is 3. The number of hydrogen-bond donors (Lipinski definition) is 2. The second-order valence-corrected chi connectivity index (χ2v) is 6.75. The molecule has 0 atom stereocenters. The molecule has 0 aromatic carbocycles. The topological polar surface area (TPSA) is 42.9 Å². The molecule has 0 amide bonds. The fourth-order valence-electron chi connectivity index (χ4n) is 2.89. The van der Waals surface area contributed by atoms with Crippen molar-refractivity contribution in [1.29, 1.82) is 0 Å². The number of nitrogens with one attached hydrogen (secondary N) is 2. The lowest BCUT2D eigenvalue weighted by atomic mass is 10.0. The van der Waals surface area contributed by atoms with E-state index in [4.69, 9.17) is 0 Å². The van der Waals surface area contributed by atoms with Crippen LogP contribution in [0.5, 0.6) is 0 Å². The SMILES string of the molecule is CN=C(NCCCN(C)CC(F)(F)F)NC1CCN(C(C)C)CC1. The molecule has 1 aliphatic heterocycles. The van der Waals surface area contributed by atoms with Gasteiger partial charge in [-0.2, -0.15) is 13.2 Å². The van der Waals surface area contributed by atoms with E-state index >= 15 is 0 Å². The van der Waals surface area contributed by atoms with E-state index in [-0.39, 0.29) is 0 Å². The molecule has 1 fully saturated rings. The van der Waals surface area contributed by atoms with Gasteiger partial charge in [-0.3, -0.25) is 9.89 Å². The van der Waals surface area contributed by atoms with Crippen LogP contribution in [0.4, 0.5) is 13.2 Å². The van der Waals surface area contributed by atoms with E-state index in [9.17, 15) is 13.2 Å². The number of hydrogen-bond acceptors (Lipinski definition) is 3. The van der Waals surface area contributed by atoms with Gasteiger partial charge < -0.3 is 15.5 Å². The molecule has 24 heavy (non-hydrogen) atoms. The fourth-order valence-corrected chi connectivity index (χ4v) is 2.89. The number of rotatable bonds is 7. The monoisotopic (exact) mass is 351 g/mol. The third kappa shape index (κ3) is 8.73. The summed E-state index contributed by atoms with van der Waals surface area (Å²) in [5.41, 5.74) is 0. The fraction of sp³-hybridized carbons (Fsp3) is 0.938. The van der Waals surface area contributed by atoms with Crippen LogP contribution in [0.1, 0.15) is 33.1 Å². The molecular weight excluding hydrogens is 319 g/mol. The molecule has 1 saturated heterocycles. The minimum atomic E-state index is -4.13. The smallest absolute Gasteiger partial charge is 0.356 e. The van der Waals surface area contributed by atoms with Gasteiger partial charge in [0.25, 0.3) is 0 Å². The lowest BCUT2D eigenvalue weighted by Gasteiger charge is -2.35. The van der Waals surface area contributed by atoms with Crippen molar-refractivity contribution in [2.24, 2.45) is 4.99 Å². The van der Waals surface area contributed by atoms with Gasteiger partial charge in [0.05, 0.1) is 6.54 Å². The number of piperidine rings is 1. The van der Waals surface area contributed by atoms with E-state index in [1.54, 1.807) is 7.05 Å². The molecule has 0 aliphatic carbocycles. The van der Waals surface area contributed by atoms with Gasteiger partial charge in [0.1, 0.15) is 0 Å². The summed E-state index contributed by atoms with van der Waals surface area (Å²) in [6.07, 6.45) is -1.34. The first kappa shape index (κ1) is 21.0. The summed E-state index contributed by atoms with van der Waals surface area (Å²) in [5.74, 6) is 0.733. The standard InChI is InChI=1S/C16H32F3N5/c1-13(2)24-10-6-14(7-11-24)22-15(20-3)21-8-5-9-23(4)12-16(17,18)19/h13-14H,5-12H2,1-4H3,(H2,20,21,22). The molecule has 0 bridgehead atoms. The van der Waals surface area contributed by atoms with Crippen LogP contribution in [-0.2, 0) is 0 Å². The third-order valence-electron chi connectivity index (χ3n) is 4.28. The van der Waals surface area contributed by atoms with Crippen LogP contribution in [0.15, 0.2) is 4.99 Å². The maximum absolute atomic E-state index is 12.2. The lowest BCUT2D eigenvalue weighted by Crippen LogP contribution is -2.50. The van der Waals surface area contributed by atoms with Crippen molar-refractivity contribution in [2.75, 3.05) is 46.8 Å². The van der Waals surface area contributed by atoms with Crippen molar-refractivity contribution in [3.05, 3.63) is 0 Å². The summed E-state index contributed by atoms with van der Waals surface area (Å²) in [7, 11) is 3.21. The maximum Gasteiger partial charge on any atom is 0.401 e. The van der Waals surface area contributed by atoms with Crippen LogP contribution in [-0.4, -0.2) is 80.8 Å². The molecule has 1 rings (SSSR count). The Morgan fingerprint density at radius 3 is 2.42 bits per heavy atom. The van der Waals surface area contributed by atoms with Gasteiger partial charge in [-0.05, 0) is 46.7 Å². The summed E-state index contributed by atoms with van der Waals surface area (Å²) in [4.78, 5) is 7.95.